The fourth-order valence-electron chi connectivity index (χ4n) is 1.81. The van der Waals surface area contributed by atoms with E-state index in [1.165, 1.54) is 31.2 Å². The molecule has 0 atom stereocenters. The van der Waals surface area contributed by atoms with E-state index < -0.39 is 10.0 Å². The zero-order valence-electron chi connectivity index (χ0n) is 11.6. The number of nitrogens with one attached hydrogen (secondary N) is 1. The molecule has 0 unspecified atom stereocenters. The highest BCUT2D eigenvalue weighted by Gasteiger charge is 2.23. The molecule has 0 bridgehead atoms. The molecule has 0 fully saturated rings. The van der Waals surface area contributed by atoms with Crippen molar-refractivity contribution in [2.75, 3.05) is 13.2 Å². The van der Waals surface area contributed by atoms with Gasteiger partial charge in [-0.05, 0) is 38.1 Å². The Morgan fingerprint density at radius 2 is 1.95 bits per heavy atom. The van der Waals surface area contributed by atoms with Crippen molar-refractivity contribution < 1.29 is 22.1 Å². The first-order chi connectivity index (χ1) is 9.90. The number of benzene rings is 1. The van der Waals surface area contributed by atoms with E-state index in [2.05, 4.69) is 9.88 Å². The summed E-state index contributed by atoms with van der Waals surface area (Å²) in [4.78, 5) is 0.0456. The summed E-state index contributed by atoms with van der Waals surface area (Å²) in [6.45, 7) is 3.28. The van der Waals surface area contributed by atoms with Crippen molar-refractivity contribution in [2.24, 2.45) is 0 Å². The Bertz CT molecular complexity index is 691. The van der Waals surface area contributed by atoms with Crippen LogP contribution in [0.15, 0.2) is 33.7 Å². The SMILES string of the molecule is Cc1noc(C)c1S(=O)(=O)NCCOc1ccc(F)cc1. The monoisotopic (exact) mass is 314 g/mol. The molecule has 0 spiro atoms. The van der Waals surface area contributed by atoms with Crippen molar-refractivity contribution in [3.63, 3.8) is 0 Å². The lowest BCUT2D eigenvalue weighted by atomic mass is 10.3. The average molecular weight is 314 g/mol. The molecule has 0 saturated heterocycles. The quantitative estimate of drug-likeness (QED) is 0.822. The molecule has 1 N–H and O–H groups in total. The topological polar surface area (TPSA) is 81.4 Å². The first kappa shape index (κ1) is 15.5. The molecular weight excluding hydrogens is 299 g/mol. The third-order valence-corrected chi connectivity index (χ3v) is 4.42. The standard InChI is InChI=1S/C13H15FN2O4S/c1-9-13(10(2)20-16-9)21(17,18)15-7-8-19-12-5-3-11(14)4-6-12/h3-6,15H,7-8H2,1-2H3. The van der Waals surface area contributed by atoms with Crippen LogP contribution in [0.4, 0.5) is 4.39 Å². The van der Waals surface area contributed by atoms with Crippen molar-refractivity contribution in [2.45, 2.75) is 18.7 Å². The van der Waals surface area contributed by atoms with E-state index in [1.807, 2.05) is 0 Å². The number of ether oxygens (including phenoxy) is 1. The molecule has 0 radical (unpaired) electrons. The lowest BCUT2D eigenvalue weighted by Gasteiger charge is -2.08. The van der Waals surface area contributed by atoms with Crippen LogP contribution >= 0.6 is 0 Å². The van der Waals surface area contributed by atoms with Gasteiger partial charge in [-0.3, -0.25) is 0 Å². The van der Waals surface area contributed by atoms with Gasteiger partial charge < -0.3 is 9.26 Å². The largest absolute Gasteiger partial charge is 0.492 e. The van der Waals surface area contributed by atoms with E-state index in [1.54, 1.807) is 6.92 Å². The Labute approximate surface area is 122 Å². The minimum absolute atomic E-state index is 0.0456. The summed E-state index contributed by atoms with van der Waals surface area (Å²) < 4.78 is 49.4. The molecule has 1 aromatic carbocycles. The summed E-state index contributed by atoms with van der Waals surface area (Å²) in [6, 6.07) is 5.48. The molecular formula is C13H15FN2O4S. The number of sulfonamides is 1. The molecule has 0 aliphatic heterocycles. The fourth-order valence-corrected chi connectivity index (χ4v) is 3.14. The second-order valence-corrected chi connectivity index (χ2v) is 6.06. The highest BCUT2D eigenvalue weighted by molar-refractivity contribution is 7.89. The summed E-state index contributed by atoms with van der Waals surface area (Å²) in [5.41, 5.74) is 0.305. The van der Waals surface area contributed by atoms with E-state index >= 15 is 0 Å². The second kappa shape index (κ2) is 6.23. The highest BCUT2D eigenvalue weighted by atomic mass is 32.2. The maximum atomic E-state index is 12.7. The molecule has 21 heavy (non-hydrogen) atoms. The van der Waals surface area contributed by atoms with Crippen molar-refractivity contribution in [3.05, 3.63) is 41.5 Å². The van der Waals surface area contributed by atoms with E-state index in [9.17, 15) is 12.8 Å². The summed E-state index contributed by atoms with van der Waals surface area (Å²) >= 11 is 0. The van der Waals surface area contributed by atoms with Crippen LogP contribution in [0.3, 0.4) is 0 Å². The van der Waals surface area contributed by atoms with E-state index in [0.717, 1.165) is 0 Å². The van der Waals surface area contributed by atoms with E-state index in [-0.39, 0.29) is 29.6 Å². The van der Waals surface area contributed by atoms with Gasteiger partial charge in [0.25, 0.3) is 0 Å². The number of rotatable bonds is 6. The first-order valence-electron chi connectivity index (χ1n) is 6.21. The maximum Gasteiger partial charge on any atom is 0.246 e. The number of aromatic nitrogens is 1. The van der Waals surface area contributed by atoms with Gasteiger partial charge in [0.05, 0.1) is 0 Å². The summed E-state index contributed by atoms with van der Waals surface area (Å²) in [7, 11) is -3.69. The van der Waals surface area contributed by atoms with Gasteiger partial charge in [-0.1, -0.05) is 5.16 Å². The maximum absolute atomic E-state index is 12.7. The number of hydrogen-bond donors (Lipinski definition) is 1. The van der Waals surface area contributed by atoms with Crippen LogP contribution < -0.4 is 9.46 Å². The van der Waals surface area contributed by atoms with Crippen LogP contribution in [0.2, 0.25) is 0 Å². The van der Waals surface area contributed by atoms with Crippen molar-refractivity contribution in [3.8, 4) is 5.75 Å². The molecule has 0 aliphatic rings. The molecule has 2 aromatic rings. The number of nitrogens with zero attached hydrogens (tertiary/aromatic N) is 1. The molecule has 6 nitrogen and oxygen atoms in total. The molecule has 8 heteroatoms. The Balaban J connectivity index is 1.90. The van der Waals surface area contributed by atoms with Crippen LogP contribution in [-0.4, -0.2) is 26.7 Å². The van der Waals surface area contributed by atoms with E-state index in [4.69, 9.17) is 9.26 Å². The predicted molar refractivity (Wildman–Crippen MR) is 73.1 cm³/mol. The molecule has 0 amide bonds. The van der Waals surface area contributed by atoms with Gasteiger partial charge in [-0.2, -0.15) is 0 Å². The zero-order valence-corrected chi connectivity index (χ0v) is 12.4. The Kier molecular flexibility index (Phi) is 4.59. The summed E-state index contributed by atoms with van der Waals surface area (Å²) in [6.07, 6.45) is 0. The molecule has 114 valence electrons. The first-order valence-corrected chi connectivity index (χ1v) is 7.69. The number of aryl methyl sites for hydroxylation is 2. The highest BCUT2D eigenvalue weighted by Crippen LogP contribution is 2.18. The Morgan fingerprint density at radius 1 is 1.29 bits per heavy atom. The van der Waals surface area contributed by atoms with Gasteiger partial charge in [0.1, 0.15) is 28.8 Å². The zero-order chi connectivity index (χ0) is 15.5. The normalized spacial score (nSPS) is 11.6. The van der Waals surface area contributed by atoms with Gasteiger partial charge in [0.2, 0.25) is 10.0 Å². The summed E-state index contributed by atoms with van der Waals surface area (Å²) in [5.74, 6) is 0.342. The van der Waals surface area contributed by atoms with Gasteiger partial charge in [-0.25, -0.2) is 17.5 Å². The van der Waals surface area contributed by atoms with Gasteiger partial charge in [-0.15, -0.1) is 0 Å². The van der Waals surface area contributed by atoms with Crippen molar-refractivity contribution in [1.29, 1.82) is 0 Å². The summed E-state index contributed by atoms with van der Waals surface area (Å²) in [5, 5.41) is 3.61. The molecule has 1 aromatic heterocycles. The minimum Gasteiger partial charge on any atom is -0.492 e. The smallest absolute Gasteiger partial charge is 0.246 e. The van der Waals surface area contributed by atoms with Crippen molar-refractivity contribution in [1.82, 2.24) is 9.88 Å². The predicted octanol–water partition coefficient (Wildman–Crippen LogP) is 1.79. The Hall–Kier alpha value is -1.93. The van der Waals surface area contributed by atoms with Gasteiger partial charge in [0, 0.05) is 6.54 Å². The molecule has 0 saturated carbocycles. The average Bonchev–Trinajstić information content (AvgIpc) is 2.77. The van der Waals surface area contributed by atoms with Crippen molar-refractivity contribution >= 4 is 10.0 Å². The minimum atomic E-state index is -3.69. The van der Waals surface area contributed by atoms with Crippen LogP contribution in [0, 0.1) is 19.7 Å². The number of halogens is 1. The Morgan fingerprint density at radius 3 is 2.52 bits per heavy atom. The number of hydrogen-bond acceptors (Lipinski definition) is 5. The second-order valence-electron chi connectivity index (χ2n) is 4.35. The van der Waals surface area contributed by atoms with Crippen LogP contribution in [0.25, 0.3) is 0 Å². The van der Waals surface area contributed by atoms with Gasteiger partial charge >= 0.3 is 0 Å². The lowest BCUT2D eigenvalue weighted by molar-refractivity contribution is 0.322. The lowest BCUT2D eigenvalue weighted by Crippen LogP contribution is -2.29. The fraction of sp³-hybridized carbons (Fsp3) is 0.308. The third-order valence-electron chi connectivity index (χ3n) is 2.71. The molecule has 1 heterocycles. The van der Waals surface area contributed by atoms with Crippen LogP contribution in [-0.2, 0) is 10.0 Å². The van der Waals surface area contributed by atoms with Crippen LogP contribution in [0.5, 0.6) is 5.75 Å². The van der Waals surface area contributed by atoms with Crippen LogP contribution in [0.1, 0.15) is 11.5 Å². The third kappa shape index (κ3) is 3.79. The molecule has 0 aliphatic carbocycles. The molecule has 2 rings (SSSR count). The van der Waals surface area contributed by atoms with E-state index in [0.29, 0.717) is 11.4 Å². The van der Waals surface area contributed by atoms with Gasteiger partial charge in [0.15, 0.2) is 5.76 Å².